The first-order valence-corrected chi connectivity index (χ1v) is 11.9. The molecule has 10 N–H and O–H groups in total. The van der Waals surface area contributed by atoms with E-state index in [0.717, 1.165) is 12.3 Å². The number of aliphatic hydroxyl groups is 3. The second-order valence-electron chi connectivity index (χ2n) is 9.69. The van der Waals surface area contributed by atoms with Crippen LogP contribution in [0.3, 0.4) is 0 Å². The molecule has 196 valence electrons. The third kappa shape index (κ3) is 5.72. The molecule has 1 aliphatic carbocycles. The van der Waals surface area contributed by atoms with Crippen LogP contribution in [0, 0.1) is 5.92 Å². The molecule has 3 rings (SSSR count). The van der Waals surface area contributed by atoms with Crippen LogP contribution >= 0.6 is 0 Å². The Kier molecular flexibility index (Phi) is 9.29. The van der Waals surface area contributed by atoms with Gasteiger partial charge in [-0.1, -0.05) is 6.92 Å². The summed E-state index contributed by atoms with van der Waals surface area (Å²) in [5.41, 5.74) is 11.5. The number of likely N-dealkylation sites (N-methyl/N-ethyl adjacent to an activating group) is 2. The molecule has 0 aromatic heterocycles. The molecule has 3 aliphatic rings. The molecule has 0 aromatic rings. The molecule has 34 heavy (non-hydrogen) atoms. The summed E-state index contributed by atoms with van der Waals surface area (Å²) in [5, 5.41) is 41.5. The highest BCUT2D eigenvalue weighted by Crippen LogP contribution is 2.36. The number of ether oxygens (including phenoxy) is 3. The first-order chi connectivity index (χ1) is 16.1. The first-order valence-electron chi connectivity index (χ1n) is 11.9. The van der Waals surface area contributed by atoms with E-state index in [2.05, 4.69) is 16.0 Å². The SMILES string of the molecule is CCNCC1=CC[C@@H](N)[C@@H](C2[C@@H](N)C[C@@H](NC=O)[C@H](O[C@H]3OC[C@](C)(O)[C@H](NC)[C@H]3O)[C@H]2O)O1. The van der Waals surface area contributed by atoms with Crippen LogP contribution in [0.15, 0.2) is 11.8 Å². The molecule has 0 radical (unpaired) electrons. The average Bonchev–Trinajstić information content (AvgIpc) is 2.78. The minimum Gasteiger partial charge on any atom is -0.492 e. The van der Waals surface area contributed by atoms with E-state index >= 15 is 0 Å². The maximum absolute atomic E-state index is 11.4. The van der Waals surface area contributed by atoms with Crippen LogP contribution in [0.1, 0.15) is 26.7 Å². The number of nitrogens with two attached hydrogens (primary N) is 2. The maximum atomic E-state index is 11.4. The van der Waals surface area contributed by atoms with Crippen molar-refractivity contribution in [1.29, 1.82) is 0 Å². The summed E-state index contributed by atoms with van der Waals surface area (Å²) in [7, 11) is 1.62. The minimum absolute atomic E-state index is 0.0903. The van der Waals surface area contributed by atoms with Gasteiger partial charge in [0.2, 0.25) is 6.41 Å². The van der Waals surface area contributed by atoms with Crippen LogP contribution in [0.4, 0.5) is 0 Å². The van der Waals surface area contributed by atoms with Crippen LogP contribution in [0.25, 0.3) is 0 Å². The largest absolute Gasteiger partial charge is 0.492 e. The molecule has 1 unspecified atom stereocenters. The lowest BCUT2D eigenvalue weighted by Gasteiger charge is -2.50. The Morgan fingerprint density at radius 3 is 2.68 bits per heavy atom. The average molecular weight is 488 g/mol. The molecule has 0 spiro atoms. The number of hydrogen-bond acceptors (Lipinski definition) is 11. The summed E-state index contributed by atoms with van der Waals surface area (Å²) in [6.45, 7) is 4.78. The Balaban J connectivity index is 1.80. The molecule has 12 heteroatoms. The molecule has 2 heterocycles. The van der Waals surface area contributed by atoms with Crippen LogP contribution < -0.4 is 27.4 Å². The van der Waals surface area contributed by atoms with Crippen LogP contribution in [-0.4, -0.2) is 109 Å². The molecular formula is C22H41N5O7. The van der Waals surface area contributed by atoms with E-state index in [1.54, 1.807) is 14.0 Å². The Bertz CT molecular complexity index is 711. The zero-order valence-electron chi connectivity index (χ0n) is 20.1. The lowest BCUT2D eigenvalue weighted by Crippen LogP contribution is -2.69. The first kappa shape index (κ1) is 27.2. The van der Waals surface area contributed by atoms with Gasteiger partial charge in [0.25, 0.3) is 0 Å². The summed E-state index contributed by atoms with van der Waals surface area (Å²) in [6, 6.07) is -2.25. The Morgan fingerprint density at radius 2 is 2.03 bits per heavy atom. The van der Waals surface area contributed by atoms with Gasteiger partial charge in [0, 0.05) is 18.0 Å². The van der Waals surface area contributed by atoms with E-state index in [0.29, 0.717) is 25.8 Å². The normalized spacial score (nSPS) is 45.2. The number of aliphatic hydroxyl groups excluding tert-OH is 2. The van der Waals surface area contributed by atoms with Crippen molar-refractivity contribution in [3.8, 4) is 0 Å². The lowest BCUT2D eigenvalue weighted by atomic mass is 9.72. The van der Waals surface area contributed by atoms with E-state index in [4.69, 9.17) is 25.7 Å². The quantitative estimate of drug-likeness (QED) is 0.153. The smallest absolute Gasteiger partial charge is 0.207 e. The standard InChI is InChI=1S/C22H41N5O7/c1-4-26-8-11-5-6-12(23)18(33-11)15-13(24)7-14(27-10-28)19(16(15)29)34-21-17(30)20(25-3)22(2,31)9-32-21/h5,10,12-21,25-26,29-31H,4,6-9,23-24H2,1-3H3,(H,27,28)/t12-,13+,14-,15?,16+,17-,18+,19+,20-,21-,22+/m1/s1. The third-order valence-electron chi connectivity index (χ3n) is 7.12. The molecule has 1 saturated carbocycles. The Hall–Kier alpha value is -1.35. The molecule has 2 fully saturated rings. The summed E-state index contributed by atoms with van der Waals surface area (Å²) in [6.07, 6.45) is -1.70. The van der Waals surface area contributed by atoms with Gasteiger partial charge in [0.05, 0.1) is 31.3 Å². The van der Waals surface area contributed by atoms with E-state index in [-0.39, 0.29) is 12.6 Å². The summed E-state index contributed by atoms with van der Waals surface area (Å²) >= 11 is 0. The predicted molar refractivity (Wildman–Crippen MR) is 123 cm³/mol. The molecule has 12 nitrogen and oxygen atoms in total. The molecule has 1 amide bonds. The highest BCUT2D eigenvalue weighted by molar-refractivity contribution is 5.47. The van der Waals surface area contributed by atoms with Crippen molar-refractivity contribution in [2.45, 2.75) is 87.2 Å². The third-order valence-corrected chi connectivity index (χ3v) is 7.12. The fourth-order valence-corrected chi connectivity index (χ4v) is 5.32. The van der Waals surface area contributed by atoms with Gasteiger partial charge in [-0.2, -0.15) is 0 Å². The van der Waals surface area contributed by atoms with Crippen LogP contribution in [0.5, 0.6) is 0 Å². The minimum atomic E-state index is -1.32. The van der Waals surface area contributed by atoms with Crippen molar-refractivity contribution in [2.75, 3.05) is 26.7 Å². The monoisotopic (exact) mass is 487 g/mol. The lowest BCUT2D eigenvalue weighted by molar-refractivity contribution is -0.297. The number of nitrogens with one attached hydrogen (secondary N) is 3. The molecule has 0 aromatic carbocycles. The van der Waals surface area contributed by atoms with Gasteiger partial charge in [0.15, 0.2) is 6.29 Å². The second kappa shape index (κ2) is 11.6. The molecular weight excluding hydrogens is 446 g/mol. The van der Waals surface area contributed by atoms with E-state index in [9.17, 15) is 20.1 Å². The predicted octanol–water partition coefficient (Wildman–Crippen LogP) is -3.14. The number of carbonyl (C=O) groups is 1. The molecule has 2 aliphatic heterocycles. The van der Waals surface area contributed by atoms with Crippen molar-refractivity contribution in [3.05, 3.63) is 11.8 Å². The van der Waals surface area contributed by atoms with Gasteiger partial charge < -0.3 is 56.9 Å². The number of amides is 1. The zero-order valence-corrected chi connectivity index (χ0v) is 20.1. The van der Waals surface area contributed by atoms with E-state index < -0.39 is 60.4 Å². The van der Waals surface area contributed by atoms with Crippen LogP contribution in [-0.2, 0) is 19.0 Å². The van der Waals surface area contributed by atoms with Gasteiger partial charge in [-0.05, 0) is 39.4 Å². The number of hydrogen-bond donors (Lipinski definition) is 8. The fraction of sp³-hybridized carbons (Fsp3) is 0.864. The van der Waals surface area contributed by atoms with Gasteiger partial charge in [-0.15, -0.1) is 0 Å². The van der Waals surface area contributed by atoms with Crippen molar-refractivity contribution in [1.82, 2.24) is 16.0 Å². The zero-order chi connectivity index (χ0) is 25.0. The van der Waals surface area contributed by atoms with Crippen molar-refractivity contribution < 1.29 is 34.3 Å². The highest BCUT2D eigenvalue weighted by atomic mass is 16.7. The molecule has 1 saturated heterocycles. The second-order valence-corrected chi connectivity index (χ2v) is 9.69. The van der Waals surface area contributed by atoms with Gasteiger partial charge in [-0.25, -0.2) is 0 Å². The van der Waals surface area contributed by atoms with Crippen molar-refractivity contribution in [2.24, 2.45) is 17.4 Å². The Morgan fingerprint density at radius 1 is 1.29 bits per heavy atom. The van der Waals surface area contributed by atoms with Gasteiger partial charge >= 0.3 is 0 Å². The summed E-state index contributed by atoms with van der Waals surface area (Å²) < 4.78 is 17.8. The van der Waals surface area contributed by atoms with E-state index in [1.165, 1.54) is 0 Å². The summed E-state index contributed by atoms with van der Waals surface area (Å²) in [4.78, 5) is 11.3. The molecule has 11 atom stereocenters. The number of rotatable bonds is 9. The maximum Gasteiger partial charge on any atom is 0.207 e. The fourth-order valence-electron chi connectivity index (χ4n) is 5.32. The van der Waals surface area contributed by atoms with Crippen LogP contribution in [0.2, 0.25) is 0 Å². The molecule has 0 bridgehead atoms. The van der Waals surface area contributed by atoms with Crippen molar-refractivity contribution >= 4 is 6.41 Å². The topological polar surface area (TPSA) is 194 Å². The summed E-state index contributed by atoms with van der Waals surface area (Å²) in [5.74, 6) is 0.155. The van der Waals surface area contributed by atoms with Gasteiger partial charge in [0.1, 0.15) is 29.7 Å². The highest BCUT2D eigenvalue weighted by Gasteiger charge is 2.53. The van der Waals surface area contributed by atoms with Crippen molar-refractivity contribution in [3.63, 3.8) is 0 Å². The Labute approximate surface area is 200 Å². The van der Waals surface area contributed by atoms with E-state index in [1.807, 2.05) is 13.0 Å². The number of carbonyl (C=O) groups excluding carboxylic acids is 1. The van der Waals surface area contributed by atoms with Gasteiger partial charge in [-0.3, -0.25) is 4.79 Å².